The Bertz CT molecular complexity index is 1400. The van der Waals surface area contributed by atoms with E-state index in [2.05, 4.69) is 15.4 Å². The lowest BCUT2D eigenvalue weighted by Crippen LogP contribution is -2.20. The van der Waals surface area contributed by atoms with Crippen LogP contribution >= 0.6 is 11.6 Å². The lowest BCUT2D eigenvalue weighted by Gasteiger charge is -2.13. The average Bonchev–Trinajstić information content (AvgIpc) is 3.25. The molecule has 0 aliphatic carbocycles. The van der Waals surface area contributed by atoms with E-state index in [9.17, 15) is 22.4 Å². The van der Waals surface area contributed by atoms with Gasteiger partial charge in [0.1, 0.15) is 10.8 Å². The molecule has 2 aromatic heterocycles. The number of aryl methyl sites for hydroxylation is 1. The predicted molar refractivity (Wildman–Crippen MR) is 121 cm³/mol. The number of carbonyl (C=O) groups is 1. The van der Waals surface area contributed by atoms with E-state index >= 15 is 0 Å². The fourth-order valence-corrected chi connectivity index (χ4v) is 3.32. The summed E-state index contributed by atoms with van der Waals surface area (Å²) in [5.41, 5.74) is 4.47. The predicted octanol–water partition coefficient (Wildman–Crippen LogP) is 6.01. The highest BCUT2D eigenvalue weighted by Crippen LogP contribution is 2.35. The fourth-order valence-electron chi connectivity index (χ4n) is 3.17. The highest BCUT2D eigenvalue weighted by atomic mass is 35.5. The molecule has 0 unspecified atom stereocenters. The minimum Gasteiger partial charge on any atom is -0.453 e. The molecule has 0 bridgehead atoms. The van der Waals surface area contributed by atoms with Crippen molar-refractivity contribution in [3.8, 4) is 17.2 Å². The molecule has 180 valence electrons. The number of halogens is 5. The standard InChI is InChI=1S/C23H16ClF4N5O2/c1-12-2-5-14(6-3-12)33-20(23(26,27)28)15(11-31-33)22(34)32-13-4-7-17(16(25)10-13)35-18-8-9-30-21(29)19(18)24/h2-11H,1H3,(H2,29,30)(H,32,34). The van der Waals surface area contributed by atoms with Gasteiger partial charge in [0.2, 0.25) is 0 Å². The third-order valence-corrected chi connectivity index (χ3v) is 5.23. The fraction of sp³-hybridized carbons (Fsp3) is 0.0870. The normalized spacial score (nSPS) is 11.4. The molecule has 7 nitrogen and oxygen atoms in total. The molecular weight excluding hydrogens is 490 g/mol. The number of amides is 1. The first kappa shape index (κ1) is 24.0. The Morgan fingerprint density at radius 3 is 2.49 bits per heavy atom. The smallest absolute Gasteiger partial charge is 0.434 e. The van der Waals surface area contributed by atoms with Gasteiger partial charge in [0, 0.05) is 24.0 Å². The summed E-state index contributed by atoms with van der Waals surface area (Å²) in [6.07, 6.45) is -2.76. The van der Waals surface area contributed by atoms with E-state index in [0.29, 0.717) is 4.68 Å². The summed E-state index contributed by atoms with van der Waals surface area (Å²) < 4.78 is 62.2. The van der Waals surface area contributed by atoms with Crippen molar-refractivity contribution in [3.63, 3.8) is 0 Å². The van der Waals surface area contributed by atoms with Gasteiger partial charge in [0.05, 0.1) is 17.4 Å². The molecule has 0 spiro atoms. The lowest BCUT2D eigenvalue weighted by molar-refractivity contribution is -0.143. The number of pyridine rings is 1. The molecule has 2 aromatic carbocycles. The molecular formula is C23H16ClF4N5O2. The lowest BCUT2D eigenvalue weighted by atomic mass is 10.2. The van der Waals surface area contributed by atoms with Crippen LogP contribution in [0.15, 0.2) is 60.9 Å². The monoisotopic (exact) mass is 505 g/mol. The summed E-state index contributed by atoms with van der Waals surface area (Å²) in [7, 11) is 0. The van der Waals surface area contributed by atoms with Crippen LogP contribution in [0.3, 0.4) is 0 Å². The van der Waals surface area contributed by atoms with Crippen molar-refractivity contribution in [1.29, 1.82) is 0 Å². The second-order valence-electron chi connectivity index (χ2n) is 7.36. The molecule has 12 heteroatoms. The van der Waals surface area contributed by atoms with Gasteiger partial charge >= 0.3 is 6.18 Å². The van der Waals surface area contributed by atoms with Gasteiger partial charge in [-0.3, -0.25) is 4.79 Å². The Morgan fingerprint density at radius 2 is 1.83 bits per heavy atom. The molecule has 0 saturated heterocycles. The summed E-state index contributed by atoms with van der Waals surface area (Å²) >= 11 is 5.98. The first-order chi connectivity index (χ1) is 16.5. The molecule has 0 atom stereocenters. The number of anilines is 2. The van der Waals surface area contributed by atoms with E-state index in [-0.39, 0.29) is 33.7 Å². The van der Waals surface area contributed by atoms with Gasteiger partial charge in [-0.1, -0.05) is 29.3 Å². The van der Waals surface area contributed by atoms with Crippen LogP contribution in [-0.2, 0) is 6.18 Å². The highest BCUT2D eigenvalue weighted by Gasteiger charge is 2.40. The zero-order chi connectivity index (χ0) is 25.3. The van der Waals surface area contributed by atoms with E-state index in [1.165, 1.54) is 36.5 Å². The first-order valence-corrected chi connectivity index (χ1v) is 10.3. The zero-order valence-electron chi connectivity index (χ0n) is 17.9. The molecule has 2 heterocycles. The number of hydrogen-bond donors (Lipinski definition) is 2. The SMILES string of the molecule is Cc1ccc(-n2ncc(C(=O)Nc3ccc(Oc4ccnc(N)c4Cl)c(F)c3)c2C(F)(F)F)cc1. The molecule has 3 N–H and O–H groups in total. The van der Waals surface area contributed by atoms with Crippen LogP contribution in [0, 0.1) is 12.7 Å². The van der Waals surface area contributed by atoms with Gasteiger partial charge < -0.3 is 15.8 Å². The van der Waals surface area contributed by atoms with E-state index in [0.717, 1.165) is 17.8 Å². The maximum absolute atomic E-state index is 14.6. The zero-order valence-corrected chi connectivity index (χ0v) is 18.7. The Hall–Kier alpha value is -4.12. The van der Waals surface area contributed by atoms with Crippen molar-refractivity contribution in [2.45, 2.75) is 13.1 Å². The van der Waals surface area contributed by atoms with Gasteiger partial charge in [-0.15, -0.1) is 0 Å². The maximum atomic E-state index is 14.6. The number of alkyl halides is 3. The van der Waals surface area contributed by atoms with Crippen LogP contribution in [0.2, 0.25) is 5.02 Å². The Morgan fingerprint density at radius 1 is 1.11 bits per heavy atom. The van der Waals surface area contributed by atoms with E-state index in [1.54, 1.807) is 19.1 Å². The second-order valence-corrected chi connectivity index (χ2v) is 7.74. The third-order valence-electron chi connectivity index (χ3n) is 4.85. The maximum Gasteiger partial charge on any atom is 0.434 e. The Balaban J connectivity index is 1.60. The number of carbonyl (C=O) groups excluding carboxylic acids is 1. The molecule has 0 aliphatic rings. The van der Waals surface area contributed by atoms with Crippen LogP contribution in [-0.4, -0.2) is 20.7 Å². The van der Waals surface area contributed by atoms with E-state index < -0.39 is 29.2 Å². The number of hydrogen-bond acceptors (Lipinski definition) is 5. The van der Waals surface area contributed by atoms with Crippen LogP contribution in [0.5, 0.6) is 11.5 Å². The molecule has 4 rings (SSSR count). The topological polar surface area (TPSA) is 95.1 Å². The van der Waals surface area contributed by atoms with Gasteiger partial charge in [0.15, 0.2) is 23.0 Å². The number of aromatic nitrogens is 3. The second kappa shape index (κ2) is 9.26. The number of nitrogens with one attached hydrogen (secondary N) is 1. The summed E-state index contributed by atoms with van der Waals surface area (Å²) in [5, 5.41) is 5.99. The van der Waals surface area contributed by atoms with Crippen LogP contribution in [0.1, 0.15) is 21.6 Å². The van der Waals surface area contributed by atoms with Gasteiger partial charge in [0.25, 0.3) is 5.91 Å². The Kier molecular flexibility index (Phi) is 6.35. The molecule has 0 fully saturated rings. The average molecular weight is 506 g/mol. The quantitative estimate of drug-likeness (QED) is 0.324. The summed E-state index contributed by atoms with van der Waals surface area (Å²) in [4.78, 5) is 16.5. The van der Waals surface area contributed by atoms with Crippen molar-refractivity contribution in [2.75, 3.05) is 11.1 Å². The number of nitrogens with zero attached hydrogens (tertiary/aromatic N) is 3. The third kappa shape index (κ3) is 5.04. The van der Waals surface area contributed by atoms with Crippen molar-refractivity contribution in [1.82, 2.24) is 14.8 Å². The number of nitrogen functional groups attached to an aromatic ring is 1. The number of nitrogens with two attached hydrogens (primary N) is 1. The molecule has 0 saturated carbocycles. The largest absolute Gasteiger partial charge is 0.453 e. The minimum absolute atomic E-state index is 0.0138. The molecule has 1 amide bonds. The van der Waals surface area contributed by atoms with Crippen molar-refractivity contribution in [2.24, 2.45) is 0 Å². The molecule has 4 aromatic rings. The van der Waals surface area contributed by atoms with Gasteiger partial charge in [-0.2, -0.15) is 18.3 Å². The van der Waals surface area contributed by atoms with Crippen molar-refractivity contribution in [3.05, 3.63) is 88.6 Å². The Labute approximate surface area is 201 Å². The summed E-state index contributed by atoms with van der Waals surface area (Å²) in [6, 6.07) is 10.9. The number of rotatable bonds is 5. The number of ether oxygens (including phenoxy) is 1. The van der Waals surface area contributed by atoms with Crippen molar-refractivity contribution < 1.29 is 27.1 Å². The summed E-state index contributed by atoms with van der Waals surface area (Å²) in [6.45, 7) is 1.78. The molecule has 0 aliphatic heterocycles. The van der Waals surface area contributed by atoms with Gasteiger partial charge in [-0.05, 0) is 31.2 Å². The van der Waals surface area contributed by atoms with Crippen LogP contribution < -0.4 is 15.8 Å². The van der Waals surface area contributed by atoms with Crippen molar-refractivity contribution >= 4 is 29.0 Å². The first-order valence-electron chi connectivity index (χ1n) is 9.95. The molecule has 0 radical (unpaired) electrons. The summed E-state index contributed by atoms with van der Waals surface area (Å²) in [5.74, 6) is -2.23. The van der Waals surface area contributed by atoms with E-state index in [4.69, 9.17) is 22.1 Å². The van der Waals surface area contributed by atoms with Crippen LogP contribution in [0.4, 0.5) is 29.1 Å². The minimum atomic E-state index is -4.89. The highest BCUT2D eigenvalue weighted by molar-refractivity contribution is 6.34. The van der Waals surface area contributed by atoms with Crippen LogP contribution in [0.25, 0.3) is 5.69 Å². The van der Waals surface area contributed by atoms with E-state index in [1.807, 2.05) is 0 Å². The number of benzene rings is 2. The molecule has 35 heavy (non-hydrogen) atoms. The van der Waals surface area contributed by atoms with Gasteiger partial charge in [-0.25, -0.2) is 14.1 Å².